The molecule has 184 valence electrons. The molecule has 1 unspecified atom stereocenters. The number of guanidine groups is 1. The average Bonchev–Trinajstić information content (AvgIpc) is 3.44. The van der Waals surface area contributed by atoms with Crippen LogP contribution in [-0.2, 0) is 13.6 Å². The lowest BCUT2D eigenvalue weighted by atomic mass is 10.1. The molecule has 1 atom stereocenters. The summed E-state index contributed by atoms with van der Waals surface area (Å²) in [7, 11) is 7.78. The summed E-state index contributed by atoms with van der Waals surface area (Å²) in [4.78, 5) is 7.02. The second-order valence-electron chi connectivity index (χ2n) is 8.50. The predicted octanol–water partition coefficient (Wildman–Crippen LogP) is 3.73. The highest BCUT2D eigenvalue weighted by atomic mass is 127. The second kappa shape index (κ2) is 13.6. The fourth-order valence-electron chi connectivity index (χ4n) is 4.00. The predicted molar refractivity (Wildman–Crippen MR) is 144 cm³/mol. The molecule has 0 spiro atoms. The largest absolute Gasteiger partial charge is 0.497 e. The van der Waals surface area contributed by atoms with E-state index >= 15 is 0 Å². The zero-order valence-electron chi connectivity index (χ0n) is 20.5. The third kappa shape index (κ3) is 8.06. The molecule has 1 aliphatic rings. The Labute approximate surface area is 215 Å². The first-order chi connectivity index (χ1) is 15.5. The van der Waals surface area contributed by atoms with Gasteiger partial charge in [0.1, 0.15) is 11.5 Å². The quantitative estimate of drug-likeness (QED) is 0.258. The van der Waals surface area contributed by atoms with Crippen LogP contribution in [0, 0.1) is 0 Å². The number of likely N-dealkylation sites (N-methyl/N-ethyl adjacent to an activating group) is 1. The van der Waals surface area contributed by atoms with Gasteiger partial charge in [-0.05, 0) is 58.8 Å². The fraction of sp³-hybridized carbons (Fsp3) is 0.583. The van der Waals surface area contributed by atoms with Gasteiger partial charge in [0.15, 0.2) is 5.96 Å². The molecule has 1 heterocycles. The summed E-state index contributed by atoms with van der Waals surface area (Å²) in [6, 6.07) is 6.19. The number of nitrogens with one attached hydrogen (secondary N) is 2. The molecule has 1 aromatic heterocycles. The standard InChI is InChI=1S/C24H38N6O2.HI/c1-6-25-24(27-16-22(29(2)3)19-15-28-30(4)17-19)26-14-18-11-12-21(31-5)13-23(18)32-20-9-7-8-10-20;/h11-13,15,17,20,22H,6-10,14,16H2,1-5H3,(H2,25,26,27);1H. The SMILES string of the molecule is CCNC(=NCc1ccc(OC)cc1OC1CCCC1)NCC(c1cnn(C)c1)N(C)C.I. The van der Waals surface area contributed by atoms with Crippen LogP contribution in [0.15, 0.2) is 35.6 Å². The molecule has 1 fully saturated rings. The minimum atomic E-state index is 0. The van der Waals surface area contributed by atoms with Crippen LogP contribution in [-0.4, -0.2) is 61.0 Å². The van der Waals surface area contributed by atoms with E-state index in [0.717, 1.165) is 49.0 Å². The zero-order valence-corrected chi connectivity index (χ0v) is 22.8. The van der Waals surface area contributed by atoms with Crippen LogP contribution in [0.3, 0.4) is 0 Å². The third-order valence-electron chi connectivity index (χ3n) is 5.82. The van der Waals surface area contributed by atoms with Crippen molar-refractivity contribution < 1.29 is 9.47 Å². The number of methoxy groups -OCH3 is 1. The molecule has 3 rings (SSSR count). The van der Waals surface area contributed by atoms with Crippen LogP contribution in [0.2, 0.25) is 0 Å². The van der Waals surface area contributed by atoms with Gasteiger partial charge in [-0.3, -0.25) is 4.68 Å². The normalized spacial score (nSPS) is 15.3. The van der Waals surface area contributed by atoms with Crippen molar-refractivity contribution in [2.24, 2.45) is 12.0 Å². The summed E-state index contributed by atoms with van der Waals surface area (Å²) in [6.45, 7) is 4.11. The molecule has 1 saturated carbocycles. The lowest BCUT2D eigenvalue weighted by Gasteiger charge is -2.24. The highest BCUT2D eigenvalue weighted by Crippen LogP contribution is 2.30. The molecule has 2 aromatic rings. The highest BCUT2D eigenvalue weighted by Gasteiger charge is 2.19. The maximum Gasteiger partial charge on any atom is 0.191 e. The molecule has 9 heteroatoms. The van der Waals surface area contributed by atoms with E-state index in [9.17, 15) is 0 Å². The Morgan fingerprint density at radius 3 is 2.64 bits per heavy atom. The number of aryl methyl sites for hydroxylation is 1. The van der Waals surface area contributed by atoms with Gasteiger partial charge >= 0.3 is 0 Å². The first kappa shape index (κ1) is 27.2. The van der Waals surface area contributed by atoms with Gasteiger partial charge in [-0.15, -0.1) is 24.0 Å². The van der Waals surface area contributed by atoms with Crippen molar-refractivity contribution in [2.45, 2.75) is 51.3 Å². The molecule has 0 saturated heterocycles. The molecular formula is C24H39IN6O2. The summed E-state index contributed by atoms with van der Waals surface area (Å²) < 4.78 is 13.6. The van der Waals surface area contributed by atoms with Crippen molar-refractivity contribution in [1.82, 2.24) is 25.3 Å². The molecule has 2 N–H and O–H groups in total. The smallest absolute Gasteiger partial charge is 0.191 e. The van der Waals surface area contributed by atoms with E-state index in [2.05, 4.69) is 53.9 Å². The fourth-order valence-corrected chi connectivity index (χ4v) is 4.00. The molecule has 33 heavy (non-hydrogen) atoms. The minimum absolute atomic E-state index is 0. The number of nitrogens with zero attached hydrogens (tertiary/aromatic N) is 4. The summed E-state index contributed by atoms with van der Waals surface area (Å²) >= 11 is 0. The lowest BCUT2D eigenvalue weighted by Crippen LogP contribution is -2.41. The van der Waals surface area contributed by atoms with Crippen LogP contribution in [0.4, 0.5) is 0 Å². The number of hydrogen-bond donors (Lipinski definition) is 2. The van der Waals surface area contributed by atoms with Crippen molar-refractivity contribution in [3.63, 3.8) is 0 Å². The number of aliphatic imine (C=N–C) groups is 1. The van der Waals surface area contributed by atoms with E-state index in [1.807, 2.05) is 30.1 Å². The summed E-state index contributed by atoms with van der Waals surface area (Å²) in [5.41, 5.74) is 2.23. The summed E-state index contributed by atoms with van der Waals surface area (Å²) in [6.07, 6.45) is 8.97. The number of halogens is 1. The maximum absolute atomic E-state index is 6.33. The van der Waals surface area contributed by atoms with E-state index in [0.29, 0.717) is 6.54 Å². The topological polar surface area (TPSA) is 75.9 Å². The summed E-state index contributed by atoms with van der Waals surface area (Å²) in [5.74, 6) is 2.46. The lowest BCUT2D eigenvalue weighted by molar-refractivity contribution is 0.207. The Morgan fingerprint density at radius 2 is 2.03 bits per heavy atom. The Hall–Kier alpha value is -2.01. The van der Waals surface area contributed by atoms with Gasteiger partial charge in [-0.25, -0.2) is 4.99 Å². The van der Waals surface area contributed by atoms with Crippen LogP contribution >= 0.6 is 24.0 Å². The van der Waals surface area contributed by atoms with Crippen molar-refractivity contribution in [3.8, 4) is 11.5 Å². The van der Waals surface area contributed by atoms with E-state index in [1.165, 1.54) is 18.4 Å². The van der Waals surface area contributed by atoms with E-state index in [-0.39, 0.29) is 36.1 Å². The Kier molecular flexibility index (Phi) is 11.3. The van der Waals surface area contributed by atoms with Crippen molar-refractivity contribution >= 4 is 29.9 Å². The third-order valence-corrected chi connectivity index (χ3v) is 5.82. The molecule has 0 amide bonds. The Balaban J connectivity index is 0.00000385. The van der Waals surface area contributed by atoms with Crippen LogP contribution in [0.25, 0.3) is 0 Å². The Bertz CT molecular complexity index is 880. The molecule has 8 nitrogen and oxygen atoms in total. The van der Waals surface area contributed by atoms with Crippen LogP contribution in [0.1, 0.15) is 49.8 Å². The molecule has 0 radical (unpaired) electrons. The molecule has 1 aliphatic carbocycles. The van der Waals surface area contributed by atoms with Gasteiger partial charge < -0.3 is 25.0 Å². The first-order valence-corrected chi connectivity index (χ1v) is 11.5. The van der Waals surface area contributed by atoms with Gasteiger partial charge in [0, 0.05) is 43.5 Å². The number of hydrogen-bond acceptors (Lipinski definition) is 5. The van der Waals surface area contributed by atoms with Crippen LogP contribution < -0.4 is 20.1 Å². The zero-order chi connectivity index (χ0) is 22.9. The highest BCUT2D eigenvalue weighted by molar-refractivity contribution is 14.0. The van der Waals surface area contributed by atoms with E-state index in [1.54, 1.807) is 7.11 Å². The van der Waals surface area contributed by atoms with Crippen molar-refractivity contribution in [3.05, 3.63) is 41.7 Å². The molecule has 0 bridgehead atoms. The van der Waals surface area contributed by atoms with Crippen LogP contribution in [0.5, 0.6) is 11.5 Å². The van der Waals surface area contributed by atoms with E-state index < -0.39 is 0 Å². The Morgan fingerprint density at radius 1 is 1.27 bits per heavy atom. The van der Waals surface area contributed by atoms with Crippen molar-refractivity contribution in [1.29, 1.82) is 0 Å². The van der Waals surface area contributed by atoms with Gasteiger partial charge in [0.2, 0.25) is 0 Å². The van der Waals surface area contributed by atoms with Crippen molar-refractivity contribution in [2.75, 3.05) is 34.3 Å². The summed E-state index contributed by atoms with van der Waals surface area (Å²) in [5, 5.41) is 11.2. The van der Waals surface area contributed by atoms with Gasteiger partial charge in [-0.1, -0.05) is 0 Å². The minimum Gasteiger partial charge on any atom is -0.497 e. The number of rotatable bonds is 10. The van der Waals surface area contributed by atoms with Gasteiger partial charge in [0.25, 0.3) is 0 Å². The molecular weight excluding hydrogens is 531 g/mol. The molecule has 1 aromatic carbocycles. The maximum atomic E-state index is 6.33. The monoisotopic (exact) mass is 570 g/mol. The average molecular weight is 571 g/mol. The van der Waals surface area contributed by atoms with Gasteiger partial charge in [-0.2, -0.15) is 5.10 Å². The number of ether oxygens (including phenoxy) is 2. The molecule has 0 aliphatic heterocycles. The second-order valence-corrected chi connectivity index (χ2v) is 8.50. The van der Waals surface area contributed by atoms with Gasteiger partial charge in [0.05, 0.1) is 32.0 Å². The number of aromatic nitrogens is 2. The first-order valence-electron chi connectivity index (χ1n) is 11.5. The van der Waals surface area contributed by atoms with E-state index in [4.69, 9.17) is 14.5 Å². The number of benzene rings is 1.